The topological polar surface area (TPSA) is 51.2 Å². The molecule has 2 rings (SSSR count). The standard InChI is InChI=1S/C16H22O3S/c1-16(2,3)12-8-10-13(11-9-12)20(18,19)15-7-5-4-6-14(15)17/h8-11,15H,4-7H2,1-3H3. The minimum atomic E-state index is -3.52. The van der Waals surface area contributed by atoms with Crippen molar-refractivity contribution < 1.29 is 13.2 Å². The summed E-state index contributed by atoms with van der Waals surface area (Å²) in [6, 6.07) is 6.97. The van der Waals surface area contributed by atoms with E-state index in [0.29, 0.717) is 12.8 Å². The first-order valence-corrected chi connectivity index (χ1v) is 8.65. The van der Waals surface area contributed by atoms with Crippen LogP contribution in [0.5, 0.6) is 0 Å². The highest BCUT2D eigenvalue weighted by Crippen LogP contribution is 2.28. The lowest BCUT2D eigenvalue weighted by molar-refractivity contribution is -0.119. The van der Waals surface area contributed by atoms with Crippen LogP contribution < -0.4 is 0 Å². The van der Waals surface area contributed by atoms with Gasteiger partial charge in [-0.2, -0.15) is 0 Å². The molecule has 0 N–H and O–H groups in total. The SMILES string of the molecule is CC(C)(C)c1ccc(S(=O)(=O)C2CCCCC2=O)cc1. The van der Waals surface area contributed by atoms with Gasteiger partial charge < -0.3 is 0 Å². The normalized spacial score (nSPS) is 20.9. The summed E-state index contributed by atoms with van der Waals surface area (Å²) in [7, 11) is -3.52. The molecule has 1 aromatic carbocycles. The van der Waals surface area contributed by atoms with Gasteiger partial charge in [0.05, 0.1) is 4.90 Å². The van der Waals surface area contributed by atoms with Gasteiger partial charge in [-0.05, 0) is 36.0 Å². The molecule has 1 saturated carbocycles. The minimum Gasteiger partial charge on any atom is -0.298 e. The molecule has 0 bridgehead atoms. The maximum atomic E-state index is 12.5. The molecule has 1 aliphatic rings. The fourth-order valence-electron chi connectivity index (χ4n) is 2.59. The number of hydrogen-bond donors (Lipinski definition) is 0. The molecule has 0 heterocycles. The van der Waals surface area contributed by atoms with Gasteiger partial charge in [0.2, 0.25) is 0 Å². The highest BCUT2D eigenvalue weighted by atomic mass is 32.2. The van der Waals surface area contributed by atoms with Crippen LogP contribution in [0.2, 0.25) is 0 Å². The van der Waals surface area contributed by atoms with E-state index in [0.717, 1.165) is 18.4 Å². The van der Waals surface area contributed by atoms with Crippen molar-refractivity contribution in [2.24, 2.45) is 0 Å². The predicted molar refractivity (Wildman–Crippen MR) is 79.6 cm³/mol. The number of sulfone groups is 1. The molecule has 110 valence electrons. The second-order valence-electron chi connectivity index (χ2n) is 6.52. The number of rotatable bonds is 2. The summed E-state index contributed by atoms with van der Waals surface area (Å²) in [5.41, 5.74) is 1.08. The second-order valence-corrected chi connectivity index (χ2v) is 8.65. The van der Waals surface area contributed by atoms with Gasteiger partial charge in [0.15, 0.2) is 15.6 Å². The van der Waals surface area contributed by atoms with Crippen LogP contribution in [0.4, 0.5) is 0 Å². The van der Waals surface area contributed by atoms with Crippen LogP contribution in [-0.4, -0.2) is 19.5 Å². The molecule has 1 aliphatic carbocycles. The smallest absolute Gasteiger partial charge is 0.188 e. The molecule has 1 aromatic rings. The van der Waals surface area contributed by atoms with Crippen LogP contribution in [-0.2, 0) is 20.0 Å². The predicted octanol–water partition coefficient (Wildman–Crippen LogP) is 3.27. The molecule has 0 radical (unpaired) electrons. The quantitative estimate of drug-likeness (QED) is 0.841. The van der Waals surface area contributed by atoms with Crippen molar-refractivity contribution in [1.29, 1.82) is 0 Å². The van der Waals surface area contributed by atoms with Gasteiger partial charge >= 0.3 is 0 Å². The van der Waals surface area contributed by atoms with Crippen LogP contribution >= 0.6 is 0 Å². The maximum absolute atomic E-state index is 12.5. The number of carbonyl (C=O) groups excluding carboxylic acids is 1. The number of carbonyl (C=O) groups is 1. The van der Waals surface area contributed by atoms with Crippen LogP contribution in [0.25, 0.3) is 0 Å². The molecule has 0 aromatic heterocycles. The van der Waals surface area contributed by atoms with Gasteiger partial charge in [-0.25, -0.2) is 8.42 Å². The van der Waals surface area contributed by atoms with Gasteiger partial charge in [0.1, 0.15) is 5.25 Å². The Morgan fingerprint density at radius 1 is 1.05 bits per heavy atom. The van der Waals surface area contributed by atoms with Gasteiger partial charge in [-0.3, -0.25) is 4.79 Å². The van der Waals surface area contributed by atoms with Crippen molar-refractivity contribution in [3.63, 3.8) is 0 Å². The summed E-state index contributed by atoms with van der Waals surface area (Å²) in [5, 5.41) is -0.836. The van der Waals surface area contributed by atoms with Gasteiger partial charge in [0.25, 0.3) is 0 Å². The van der Waals surface area contributed by atoms with E-state index in [1.807, 2.05) is 12.1 Å². The largest absolute Gasteiger partial charge is 0.298 e. The first kappa shape index (κ1) is 15.2. The Morgan fingerprint density at radius 2 is 1.65 bits per heavy atom. The van der Waals surface area contributed by atoms with Crippen molar-refractivity contribution in [2.75, 3.05) is 0 Å². The lowest BCUT2D eigenvalue weighted by Crippen LogP contribution is -2.33. The summed E-state index contributed by atoms with van der Waals surface area (Å²) in [4.78, 5) is 12.1. The molecule has 1 unspecified atom stereocenters. The average Bonchev–Trinajstić information content (AvgIpc) is 2.38. The Hall–Kier alpha value is -1.16. The third-order valence-electron chi connectivity index (χ3n) is 3.92. The van der Waals surface area contributed by atoms with E-state index in [-0.39, 0.29) is 16.1 Å². The fraction of sp³-hybridized carbons (Fsp3) is 0.562. The van der Waals surface area contributed by atoms with Crippen LogP contribution in [0, 0.1) is 0 Å². The van der Waals surface area contributed by atoms with E-state index in [1.54, 1.807) is 12.1 Å². The summed E-state index contributed by atoms with van der Waals surface area (Å²) >= 11 is 0. The molecule has 20 heavy (non-hydrogen) atoms. The third kappa shape index (κ3) is 2.95. The highest BCUT2D eigenvalue weighted by Gasteiger charge is 2.35. The van der Waals surface area contributed by atoms with Crippen molar-refractivity contribution in [1.82, 2.24) is 0 Å². The van der Waals surface area contributed by atoms with Gasteiger partial charge in [-0.15, -0.1) is 0 Å². The van der Waals surface area contributed by atoms with Crippen LogP contribution in [0.3, 0.4) is 0 Å². The van der Waals surface area contributed by atoms with E-state index in [2.05, 4.69) is 20.8 Å². The molecule has 4 heteroatoms. The Bertz CT molecular complexity index is 592. The Labute approximate surface area is 121 Å². The summed E-state index contributed by atoms with van der Waals surface area (Å²) in [6.07, 6.45) is 2.48. The van der Waals surface area contributed by atoms with Gasteiger partial charge in [-0.1, -0.05) is 39.3 Å². The van der Waals surface area contributed by atoms with E-state index in [9.17, 15) is 13.2 Å². The number of benzene rings is 1. The number of hydrogen-bond acceptors (Lipinski definition) is 3. The molecule has 0 spiro atoms. The zero-order valence-electron chi connectivity index (χ0n) is 12.3. The monoisotopic (exact) mass is 294 g/mol. The zero-order chi connectivity index (χ0) is 15.0. The molecular formula is C16H22O3S. The summed E-state index contributed by atoms with van der Waals surface area (Å²) < 4.78 is 25.1. The van der Waals surface area contributed by atoms with Crippen LogP contribution in [0.15, 0.2) is 29.2 Å². The zero-order valence-corrected chi connectivity index (χ0v) is 13.2. The highest BCUT2D eigenvalue weighted by molar-refractivity contribution is 7.92. The second kappa shape index (κ2) is 5.32. The average molecular weight is 294 g/mol. The lowest BCUT2D eigenvalue weighted by Gasteiger charge is -2.22. The van der Waals surface area contributed by atoms with E-state index in [1.165, 1.54) is 0 Å². The Kier molecular flexibility index (Phi) is 4.05. The lowest BCUT2D eigenvalue weighted by atomic mass is 9.87. The van der Waals surface area contributed by atoms with Crippen LogP contribution in [0.1, 0.15) is 52.0 Å². The van der Waals surface area contributed by atoms with Gasteiger partial charge in [0, 0.05) is 6.42 Å². The Morgan fingerprint density at radius 3 is 2.15 bits per heavy atom. The molecule has 1 fully saturated rings. The minimum absolute atomic E-state index is 0.0110. The number of Topliss-reactive ketones (excluding diaryl/α,β-unsaturated/α-hetero) is 1. The Balaban J connectivity index is 2.32. The first-order chi connectivity index (χ1) is 9.23. The molecule has 1 atom stereocenters. The van der Waals surface area contributed by atoms with Crippen molar-refractivity contribution in [2.45, 2.75) is 62.0 Å². The maximum Gasteiger partial charge on any atom is 0.188 e. The summed E-state index contributed by atoms with van der Waals surface area (Å²) in [6.45, 7) is 6.25. The molecule has 0 aliphatic heterocycles. The molecule has 0 saturated heterocycles. The molecule has 0 amide bonds. The van der Waals surface area contributed by atoms with Crippen molar-refractivity contribution in [3.05, 3.63) is 29.8 Å². The fourth-order valence-corrected chi connectivity index (χ4v) is 4.37. The molecule has 3 nitrogen and oxygen atoms in total. The third-order valence-corrected chi connectivity index (χ3v) is 6.10. The summed E-state index contributed by atoms with van der Waals surface area (Å²) in [5.74, 6) is -0.129. The van der Waals surface area contributed by atoms with E-state index < -0.39 is 15.1 Å². The van der Waals surface area contributed by atoms with Crippen molar-refractivity contribution in [3.8, 4) is 0 Å². The number of ketones is 1. The molecular weight excluding hydrogens is 272 g/mol. The van der Waals surface area contributed by atoms with E-state index in [4.69, 9.17) is 0 Å². The first-order valence-electron chi connectivity index (χ1n) is 7.10. The van der Waals surface area contributed by atoms with Crippen molar-refractivity contribution >= 4 is 15.6 Å². The van der Waals surface area contributed by atoms with E-state index >= 15 is 0 Å².